The molecule has 0 aliphatic rings. The molecule has 1 aromatic carbocycles. The molecule has 1 aromatic heterocycles. The molecule has 0 fully saturated rings. The predicted molar refractivity (Wildman–Crippen MR) is 71.8 cm³/mol. The van der Waals surface area contributed by atoms with Crippen LogP contribution in [0.3, 0.4) is 0 Å². The van der Waals surface area contributed by atoms with Crippen molar-refractivity contribution < 1.29 is 18.0 Å². The van der Waals surface area contributed by atoms with Crippen LogP contribution in [0.15, 0.2) is 24.3 Å². The number of alkyl halides is 3. The summed E-state index contributed by atoms with van der Waals surface area (Å²) in [5.74, 6) is -0.164. The molecule has 2 nitrogen and oxygen atoms in total. The lowest BCUT2D eigenvalue weighted by molar-refractivity contribution is -0.127. The Bertz CT molecular complexity index is 626. The van der Waals surface area contributed by atoms with Crippen LogP contribution >= 0.6 is 0 Å². The molecule has 0 aliphatic heterocycles. The number of fused-ring (bicyclic) bond motifs is 1. The van der Waals surface area contributed by atoms with Gasteiger partial charge in [-0.15, -0.1) is 0 Å². The zero-order chi connectivity index (χ0) is 14.9. The fourth-order valence-electron chi connectivity index (χ4n) is 2.29. The molecule has 0 radical (unpaired) electrons. The molecule has 0 aliphatic carbocycles. The first-order valence-corrected chi connectivity index (χ1v) is 6.47. The second-order valence-electron chi connectivity index (χ2n) is 5.34. The van der Waals surface area contributed by atoms with E-state index in [2.05, 4.69) is 4.98 Å². The second kappa shape index (κ2) is 5.31. The molecule has 0 unspecified atom stereocenters. The summed E-state index contributed by atoms with van der Waals surface area (Å²) in [4.78, 5) is 15.0. The van der Waals surface area contributed by atoms with Gasteiger partial charge in [0.2, 0.25) is 0 Å². The zero-order valence-electron chi connectivity index (χ0n) is 11.3. The Morgan fingerprint density at radius 3 is 2.50 bits per heavy atom. The minimum absolute atomic E-state index is 0.0544. The van der Waals surface area contributed by atoms with Gasteiger partial charge in [-0.1, -0.05) is 32.0 Å². The molecule has 0 saturated carbocycles. The van der Waals surface area contributed by atoms with Crippen LogP contribution in [0.1, 0.15) is 36.3 Å². The third-order valence-electron chi connectivity index (χ3n) is 3.06. The summed E-state index contributed by atoms with van der Waals surface area (Å²) in [6, 6.07) is 6.69. The van der Waals surface area contributed by atoms with Gasteiger partial charge in [-0.25, -0.2) is 0 Å². The number of carbonyl (C=O) groups is 1. The van der Waals surface area contributed by atoms with E-state index in [1.165, 1.54) is 0 Å². The van der Waals surface area contributed by atoms with Crippen molar-refractivity contribution in [1.82, 2.24) is 4.98 Å². The van der Waals surface area contributed by atoms with E-state index in [1.54, 1.807) is 24.3 Å². The maximum Gasteiger partial charge on any atom is 0.393 e. The highest BCUT2D eigenvalue weighted by Gasteiger charge is 2.32. The first-order chi connectivity index (χ1) is 9.28. The van der Waals surface area contributed by atoms with Crippen LogP contribution in [-0.2, 0) is 6.42 Å². The fraction of sp³-hybridized carbons (Fsp3) is 0.400. The normalized spacial score (nSPS) is 12.3. The number of nitrogens with one attached hydrogen (secondary N) is 1. The van der Waals surface area contributed by atoms with E-state index in [4.69, 9.17) is 0 Å². The lowest BCUT2D eigenvalue weighted by Crippen LogP contribution is -2.15. The van der Waals surface area contributed by atoms with E-state index in [0.29, 0.717) is 10.9 Å². The molecule has 0 spiro atoms. The Morgan fingerprint density at radius 1 is 1.25 bits per heavy atom. The largest absolute Gasteiger partial charge is 0.393 e. The number of carbonyl (C=O) groups excluding carboxylic acids is 1. The van der Waals surface area contributed by atoms with Gasteiger partial charge in [0.15, 0.2) is 5.78 Å². The lowest BCUT2D eigenvalue weighted by atomic mass is 10.00. The summed E-state index contributed by atoms with van der Waals surface area (Å²) in [6.45, 7) is 3.73. The average Bonchev–Trinajstić information content (AvgIpc) is 2.65. The number of hydrogen-bond acceptors (Lipinski definition) is 1. The number of hydrogen-bond donors (Lipinski definition) is 1. The summed E-state index contributed by atoms with van der Waals surface area (Å²) in [6.07, 6.45) is -5.19. The zero-order valence-corrected chi connectivity index (χ0v) is 11.3. The molecule has 20 heavy (non-hydrogen) atoms. The van der Waals surface area contributed by atoms with E-state index in [9.17, 15) is 18.0 Å². The summed E-state index contributed by atoms with van der Waals surface area (Å²) >= 11 is 0. The minimum atomic E-state index is -4.34. The Balaban J connectivity index is 2.52. The number of halogens is 3. The highest BCUT2D eigenvalue weighted by Crippen LogP contribution is 2.30. The molecule has 2 rings (SSSR count). The number of para-hydroxylation sites is 1. The molecular formula is C15H16F3NO. The highest BCUT2D eigenvalue weighted by atomic mass is 19.4. The Labute approximate surface area is 115 Å². The van der Waals surface area contributed by atoms with Crippen LogP contribution in [-0.4, -0.2) is 16.9 Å². The molecule has 0 bridgehead atoms. The third-order valence-corrected chi connectivity index (χ3v) is 3.06. The Morgan fingerprint density at radius 2 is 1.90 bits per heavy atom. The van der Waals surface area contributed by atoms with Crippen molar-refractivity contribution in [3.05, 3.63) is 35.5 Å². The van der Waals surface area contributed by atoms with Crippen LogP contribution in [0, 0.1) is 5.92 Å². The van der Waals surface area contributed by atoms with Crippen LogP contribution in [0.4, 0.5) is 13.2 Å². The molecule has 5 heteroatoms. The number of H-pyrrole nitrogens is 1. The topological polar surface area (TPSA) is 32.9 Å². The second-order valence-corrected chi connectivity index (χ2v) is 5.34. The summed E-state index contributed by atoms with van der Waals surface area (Å²) < 4.78 is 38.2. The van der Waals surface area contributed by atoms with Crippen molar-refractivity contribution in [3.63, 3.8) is 0 Å². The summed E-state index contributed by atoms with van der Waals surface area (Å²) in [7, 11) is 0. The smallest absolute Gasteiger partial charge is 0.352 e. The maximum atomic E-state index is 12.7. The van der Waals surface area contributed by atoms with Gasteiger partial charge in [0, 0.05) is 17.3 Å². The summed E-state index contributed by atoms with van der Waals surface area (Å²) in [5, 5.41) is 0.469. The van der Waals surface area contributed by atoms with Crippen LogP contribution in [0.5, 0.6) is 0 Å². The van der Waals surface area contributed by atoms with Gasteiger partial charge in [-0.05, 0) is 17.5 Å². The van der Waals surface area contributed by atoms with Crippen molar-refractivity contribution in [1.29, 1.82) is 0 Å². The quantitative estimate of drug-likeness (QED) is 0.823. The van der Waals surface area contributed by atoms with Gasteiger partial charge >= 0.3 is 6.18 Å². The average molecular weight is 283 g/mol. The number of Topliss-reactive ketones (excluding diaryl/α,β-unsaturated/α-hetero) is 1. The van der Waals surface area contributed by atoms with E-state index in [1.807, 2.05) is 13.8 Å². The molecule has 0 atom stereocenters. The molecule has 0 amide bonds. The van der Waals surface area contributed by atoms with Crippen molar-refractivity contribution in [2.24, 2.45) is 5.92 Å². The molecule has 2 aromatic rings. The third kappa shape index (κ3) is 3.21. The maximum absolute atomic E-state index is 12.7. The van der Waals surface area contributed by atoms with Crippen LogP contribution in [0.2, 0.25) is 0 Å². The Hall–Kier alpha value is -1.78. The number of ketones is 1. The molecule has 108 valence electrons. The van der Waals surface area contributed by atoms with Crippen molar-refractivity contribution in [2.45, 2.75) is 32.9 Å². The van der Waals surface area contributed by atoms with Crippen molar-refractivity contribution in [2.75, 3.05) is 0 Å². The molecule has 1 heterocycles. The van der Waals surface area contributed by atoms with Gasteiger partial charge in [0.1, 0.15) is 0 Å². The number of aromatic amines is 1. The van der Waals surface area contributed by atoms with E-state index in [0.717, 1.165) is 0 Å². The van der Waals surface area contributed by atoms with E-state index >= 15 is 0 Å². The monoisotopic (exact) mass is 283 g/mol. The molecular weight excluding hydrogens is 267 g/mol. The Kier molecular flexibility index (Phi) is 3.88. The molecule has 0 saturated heterocycles. The lowest BCUT2D eigenvalue weighted by Gasteiger charge is -2.09. The van der Waals surface area contributed by atoms with Crippen LogP contribution < -0.4 is 0 Å². The predicted octanol–water partition coefficient (Wildman–Crippen LogP) is 4.50. The van der Waals surface area contributed by atoms with Gasteiger partial charge in [-0.3, -0.25) is 4.79 Å². The first kappa shape index (κ1) is 14.6. The fourth-order valence-corrected chi connectivity index (χ4v) is 2.29. The highest BCUT2D eigenvalue weighted by molar-refractivity contribution is 6.02. The number of rotatable bonds is 4. The van der Waals surface area contributed by atoms with Gasteiger partial charge in [0.05, 0.1) is 12.1 Å². The number of aromatic nitrogens is 1. The van der Waals surface area contributed by atoms with Gasteiger partial charge in [0.25, 0.3) is 0 Å². The van der Waals surface area contributed by atoms with Crippen molar-refractivity contribution >= 4 is 16.7 Å². The summed E-state index contributed by atoms with van der Waals surface area (Å²) in [5.41, 5.74) is 0.717. The van der Waals surface area contributed by atoms with Gasteiger partial charge < -0.3 is 4.98 Å². The van der Waals surface area contributed by atoms with Crippen molar-refractivity contribution in [3.8, 4) is 0 Å². The first-order valence-electron chi connectivity index (χ1n) is 6.47. The van der Waals surface area contributed by atoms with Gasteiger partial charge in [-0.2, -0.15) is 13.2 Å². The minimum Gasteiger partial charge on any atom is -0.352 e. The van der Waals surface area contributed by atoms with Crippen LogP contribution in [0.25, 0.3) is 10.9 Å². The SMILES string of the molecule is CC(C)CC(=O)c1[nH]c2ccccc2c1CC(F)(F)F. The standard InChI is InChI=1S/C15H16F3NO/c1-9(2)7-13(20)14-11(8-15(16,17)18)10-5-3-4-6-12(10)19-14/h3-6,9,19H,7-8H2,1-2H3. The molecule has 1 N–H and O–H groups in total. The van der Waals surface area contributed by atoms with E-state index in [-0.39, 0.29) is 29.4 Å². The van der Waals surface area contributed by atoms with E-state index < -0.39 is 12.6 Å². The number of benzene rings is 1.